The number of nitrogens with two attached hydrogens (primary N) is 1. The second-order valence-corrected chi connectivity index (χ2v) is 7.81. The van der Waals surface area contributed by atoms with Gasteiger partial charge >= 0.3 is 0 Å². The fraction of sp³-hybridized carbons (Fsp3) is 0.474. The number of hydrogen-bond acceptors (Lipinski definition) is 7. The third-order valence-corrected chi connectivity index (χ3v) is 5.76. The van der Waals surface area contributed by atoms with E-state index in [0.29, 0.717) is 30.4 Å². The van der Waals surface area contributed by atoms with Crippen molar-refractivity contribution in [2.45, 2.75) is 42.7 Å². The molecule has 1 aromatic carbocycles. The van der Waals surface area contributed by atoms with E-state index in [-0.39, 0.29) is 6.61 Å². The molecule has 0 aliphatic carbocycles. The summed E-state index contributed by atoms with van der Waals surface area (Å²) in [5.41, 5.74) is 7.52. The Morgan fingerprint density at radius 2 is 2.04 bits per heavy atom. The normalized spacial score (nSPS) is 20.8. The first-order valence-electron chi connectivity index (χ1n) is 8.89. The Kier molecular flexibility index (Phi) is 6.01. The Hall–Kier alpha value is -1.83. The molecule has 3 rings (SSSR count). The summed E-state index contributed by atoms with van der Waals surface area (Å²) < 4.78 is 0. The number of nitrogens with zero attached hydrogens (tertiary/aromatic N) is 3. The quantitative estimate of drug-likeness (QED) is 0.546. The first-order valence-corrected chi connectivity index (χ1v) is 9.88. The summed E-state index contributed by atoms with van der Waals surface area (Å²) in [6.07, 6.45) is 1.90. The summed E-state index contributed by atoms with van der Waals surface area (Å²) in [4.78, 5) is 11.1. The number of benzene rings is 1. The van der Waals surface area contributed by atoms with Gasteiger partial charge in [-0.3, -0.25) is 0 Å². The minimum Gasteiger partial charge on any atom is -0.393 e. The summed E-state index contributed by atoms with van der Waals surface area (Å²) >= 11 is 1.57. The van der Waals surface area contributed by atoms with Crippen LogP contribution in [0, 0.1) is 6.92 Å². The van der Waals surface area contributed by atoms with Crippen molar-refractivity contribution in [1.29, 1.82) is 0 Å². The Bertz CT molecular complexity index is 758. The molecule has 1 aliphatic heterocycles. The largest absolute Gasteiger partial charge is 0.393 e. The Labute approximate surface area is 158 Å². The number of aliphatic hydroxyl groups excluding tert-OH is 1. The van der Waals surface area contributed by atoms with E-state index in [1.165, 1.54) is 11.1 Å². The zero-order chi connectivity index (χ0) is 18.6. The van der Waals surface area contributed by atoms with Crippen molar-refractivity contribution in [2.75, 3.05) is 30.3 Å². The van der Waals surface area contributed by atoms with Crippen molar-refractivity contribution in [3.8, 4) is 0 Å². The highest BCUT2D eigenvalue weighted by molar-refractivity contribution is 7.98. The van der Waals surface area contributed by atoms with Crippen LogP contribution in [0.4, 0.5) is 11.6 Å². The van der Waals surface area contributed by atoms with Gasteiger partial charge < -0.3 is 20.8 Å². The predicted molar refractivity (Wildman–Crippen MR) is 105 cm³/mol. The van der Waals surface area contributed by atoms with Crippen LogP contribution in [0.25, 0.3) is 0 Å². The molecule has 1 saturated heterocycles. The summed E-state index contributed by atoms with van der Waals surface area (Å²) in [7, 11) is 0. The molecule has 2 aromatic rings. The molecule has 0 bridgehead atoms. The summed E-state index contributed by atoms with van der Waals surface area (Å²) in [5.74, 6) is 2.02. The Balaban J connectivity index is 1.72. The second-order valence-electron chi connectivity index (χ2n) is 6.87. The number of nitrogen functional groups attached to an aromatic ring is 1. The maximum atomic E-state index is 10.3. The standard InChI is InChI=1S/C19H26N4O2S/c1-14-5-2-3-6-15(14)12-26-18-21-16(20)11-17(22-18)23-9-4-7-19(25,13-24)8-10-23/h2-3,5-6,11,24-25H,4,7-10,12-13H2,1H3,(H2,20,21,22)/t19-/m0/s1. The molecule has 0 radical (unpaired) electrons. The first-order chi connectivity index (χ1) is 12.5. The van der Waals surface area contributed by atoms with Crippen LogP contribution >= 0.6 is 11.8 Å². The van der Waals surface area contributed by atoms with Gasteiger partial charge in [-0.05, 0) is 37.3 Å². The molecule has 1 atom stereocenters. The van der Waals surface area contributed by atoms with Crippen molar-refractivity contribution in [1.82, 2.24) is 9.97 Å². The molecule has 4 N–H and O–H groups in total. The highest BCUT2D eigenvalue weighted by Gasteiger charge is 2.29. The predicted octanol–water partition coefficient (Wildman–Crippen LogP) is 2.37. The molecule has 0 unspecified atom stereocenters. The van der Waals surface area contributed by atoms with E-state index in [0.717, 1.165) is 24.5 Å². The van der Waals surface area contributed by atoms with Crippen LogP contribution in [0.1, 0.15) is 30.4 Å². The first kappa shape index (κ1) is 18.9. The highest BCUT2D eigenvalue weighted by Crippen LogP contribution is 2.28. The molecule has 1 aliphatic rings. The maximum absolute atomic E-state index is 10.3. The molecule has 6 nitrogen and oxygen atoms in total. The molecule has 26 heavy (non-hydrogen) atoms. The molecule has 2 heterocycles. The van der Waals surface area contributed by atoms with Crippen molar-refractivity contribution >= 4 is 23.4 Å². The maximum Gasteiger partial charge on any atom is 0.191 e. The molecule has 1 fully saturated rings. The average Bonchev–Trinajstić information content (AvgIpc) is 2.83. The number of aliphatic hydroxyl groups is 2. The second kappa shape index (κ2) is 8.24. The smallest absolute Gasteiger partial charge is 0.191 e. The molecule has 0 amide bonds. The van der Waals surface area contributed by atoms with E-state index in [9.17, 15) is 10.2 Å². The number of rotatable bonds is 5. The van der Waals surface area contributed by atoms with Crippen LogP contribution in [-0.2, 0) is 5.75 Å². The van der Waals surface area contributed by atoms with Gasteiger partial charge in [0.1, 0.15) is 11.6 Å². The monoisotopic (exact) mass is 374 g/mol. The zero-order valence-corrected chi connectivity index (χ0v) is 15.9. The minimum atomic E-state index is -0.990. The lowest BCUT2D eigenvalue weighted by Gasteiger charge is -2.25. The van der Waals surface area contributed by atoms with Crippen LogP contribution in [0.5, 0.6) is 0 Å². The average molecular weight is 375 g/mol. The minimum absolute atomic E-state index is 0.204. The zero-order valence-electron chi connectivity index (χ0n) is 15.1. The van der Waals surface area contributed by atoms with Gasteiger partial charge in [-0.2, -0.15) is 0 Å². The van der Waals surface area contributed by atoms with Crippen molar-refractivity contribution in [2.24, 2.45) is 0 Å². The number of anilines is 2. The third-order valence-electron chi connectivity index (χ3n) is 4.87. The van der Waals surface area contributed by atoms with Crippen LogP contribution in [0.2, 0.25) is 0 Å². The fourth-order valence-electron chi connectivity index (χ4n) is 3.14. The Morgan fingerprint density at radius 3 is 2.81 bits per heavy atom. The van der Waals surface area contributed by atoms with E-state index in [1.807, 2.05) is 12.1 Å². The van der Waals surface area contributed by atoms with Crippen molar-refractivity contribution < 1.29 is 10.2 Å². The lowest BCUT2D eigenvalue weighted by Crippen LogP contribution is -2.34. The number of hydrogen-bond donors (Lipinski definition) is 3. The van der Waals surface area contributed by atoms with Gasteiger partial charge in [-0.15, -0.1) is 0 Å². The van der Waals surface area contributed by atoms with Gasteiger partial charge in [0.25, 0.3) is 0 Å². The molecule has 7 heteroatoms. The van der Waals surface area contributed by atoms with Crippen molar-refractivity contribution in [3.63, 3.8) is 0 Å². The van der Waals surface area contributed by atoms with E-state index in [2.05, 4.69) is 33.9 Å². The van der Waals surface area contributed by atoms with E-state index in [4.69, 9.17) is 5.73 Å². The van der Waals surface area contributed by atoms with E-state index in [1.54, 1.807) is 17.8 Å². The summed E-state index contributed by atoms with van der Waals surface area (Å²) in [6.45, 7) is 3.31. The topological polar surface area (TPSA) is 95.5 Å². The van der Waals surface area contributed by atoms with Gasteiger partial charge in [0.2, 0.25) is 0 Å². The van der Waals surface area contributed by atoms with Gasteiger partial charge in [-0.1, -0.05) is 36.0 Å². The number of aromatic nitrogens is 2. The van der Waals surface area contributed by atoms with Crippen LogP contribution in [0.15, 0.2) is 35.5 Å². The number of thioether (sulfide) groups is 1. The van der Waals surface area contributed by atoms with Gasteiger partial charge in [0, 0.05) is 24.9 Å². The van der Waals surface area contributed by atoms with Gasteiger partial charge in [0.05, 0.1) is 12.2 Å². The summed E-state index contributed by atoms with van der Waals surface area (Å²) in [6, 6.07) is 10.1. The van der Waals surface area contributed by atoms with Crippen LogP contribution in [0.3, 0.4) is 0 Å². The molecule has 0 spiro atoms. The SMILES string of the molecule is Cc1ccccc1CSc1nc(N)cc(N2CCC[C@@](O)(CO)CC2)n1. The van der Waals surface area contributed by atoms with E-state index >= 15 is 0 Å². The molecule has 140 valence electrons. The van der Waals surface area contributed by atoms with Crippen molar-refractivity contribution in [3.05, 3.63) is 41.5 Å². The number of aryl methyl sites for hydroxylation is 1. The van der Waals surface area contributed by atoms with Gasteiger partial charge in [-0.25, -0.2) is 9.97 Å². The third kappa shape index (κ3) is 4.66. The molecular formula is C19H26N4O2S. The van der Waals surface area contributed by atoms with Crippen LogP contribution < -0.4 is 10.6 Å². The van der Waals surface area contributed by atoms with E-state index < -0.39 is 5.60 Å². The molecule has 0 saturated carbocycles. The molecule has 1 aromatic heterocycles. The summed E-state index contributed by atoms with van der Waals surface area (Å²) in [5, 5.41) is 20.4. The van der Waals surface area contributed by atoms with Crippen LogP contribution in [-0.4, -0.2) is 45.5 Å². The lowest BCUT2D eigenvalue weighted by molar-refractivity contribution is -0.0232. The van der Waals surface area contributed by atoms with Gasteiger partial charge in [0.15, 0.2) is 5.16 Å². The lowest BCUT2D eigenvalue weighted by atomic mass is 9.96. The fourth-order valence-corrected chi connectivity index (χ4v) is 4.07. The highest BCUT2D eigenvalue weighted by atomic mass is 32.2. The Morgan fingerprint density at radius 1 is 1.23 bits per heavy atom. The molecular weight excluding hydrogens is 348 g/mol.